The summed E-state index contributed by atoms with van der Waals surface area (Å²) in [7, 11) is -4.94. The van der Waals surface area contributed by atoms with E-state index in [4.69, 9.17) is 23.9 Å². The molecular weight excluding hydrogens is 440 g/mol. The smallest absolute Gasteiger partial charge is 0.222 e. The summed E-state index contributed by atoms with van der Waals surface area (Å²) in [4.78, 5) is 0. The van der Waals surface area contributed by atoms with Crippen molar-refractivity contribution >= 4 is 21.5 Å². The average Bonchev–Trinajstić information content (AvgIpc) is 2.82. The van der Waals surface area contributed by atoms with Gasteiger partial charge in [-0.1, -0.05) is 66.7 Å². The van der Waals surface area contributed by atoms with Crippen LogP contribution in [-0.2, 0) is 0 Å². The highest BCUT2D eigenvalue weighted by Crippen LogP contribution is 2.39. The molecule has 0 aliphatic rings. The van der Waals surface area contributed by atoms with Gasteiger partial charge in [-0.25, -0.2) is 18.6 Å². The molecule has 7 heteroatoms. The lowest BCUT2D eigenvalue weighted by atomic mass is 9.90. The van der Waals surface area contributed by atoms with Crippen molar-refractivity contribution in [3.8, 4) is 22.9 Å². The van der Waals surface area contributed by atoms with Gasteiger partial charge in [-0.3, -0.25) is 0 Å². The number of halogens is 1. The Kier molecular flexibility index (Phi) is 6.33. The topological polar surface area (TPSA) is 120 Å². The maximum Gasteiger partial charge on any atom is 0.226 e. The summed E-state index contributed by atoms with van der Waals surface area (Å²) >= 11 is 0. The normalized spacial score (nSPS) is 11.0. The first kappa shape index (κ1) is 22.4. The molecule has 0 fully saturated rings. The molecule has 0 saturated carbocycles. The van der Waals surface area contributed by atoms with E-state index < -0.39 is 10.2 Å². The second-order valence-electron chi connectivity index (χ2n) is 7.16. The number of rotatable bonds is 2. The van der Waals surface area contributed by atoms with Gasteiger partial charge in [0.1, 0.15) is 0 Å². The van der Waals surface area contributed by atoms with Crippen LogP contribution in [0, 0.1) is 21.6 Å². The Morgan fingerprint density at radius 2 is 1.03 bits per heavy atom. The number of hydrogen-bond donors (Lipinski definition) is 0. The molecule has 0 aliphatic carbocycles. The van der Waals surface area contributed by atoms with Gasteiger partial charge in [-0.05, 0) is 34.0 Å². The molecule has 4 aromatic carbocycles. The monoisotopic (exact) mass is 456 g/mol. The molecule has 6 nitrogen and oxygen atoms in total. The zero-order chi connectivity index (χ0) is 23.4. The predicted octanol–water partition coefficient (Wildman–Crippen LogP) is 1.05. The minimum absolute atomic E-state index is 0.658. The summed E-state index contributed by atoms with van der Waals surface area (Å²) in [6.07, 6.45) is 3.93. The fourth-order valence-corrected chi connectivity index (χ4v) is 3.95. The van der Waals surface area contributed by atoms with Crippen LogP contribution in [0.15, 0.2) is 103 Å². The molecule has 0 amide bonds. The minimum Gasteiger partial charge on any atom is -0.222 e. The van der Waals surface area contributed by atoms with Gasteiger partial charge in [0.25, 0.3) is 0 Å². The molecule has 0 spiro atoms. The number of benzene rings is 4. The largest absolute Gasteiger partial charge is 0.226 e. The van der Waals surface area contributed by atoms with Crippen LogP contribution >= 0.6 is 0 Å². The summed E-state index contributed by atoms with van der Waals surface area (Å²) in [6.45, 7) is 0. The van der Waals surface area contributed by atoms with Gasteiger partial charge in [0.05, 0.1) is 22.4 Å². The second kappa shape index (κ2) is 9.35. The predicted molar refractivity (Wildman–Crippen MR) is 113 cm³/mol. The summed E-state index contributed by atoms with van der Waals surface area (Å²) < 4.78 is 36.1. The molecule has 162 valence electrons. The van der Waals surface area contributed by atoms with Crippen molar-refractivity contribution < 1.29 is 33.4 Å². The Morgan fingerprint density at radius 3 is 1.48 bits per heavy atom. The van der Waals surface area contributed by atoms with Gasteiger partial charge in [0.2, 0.25) is 5.69 Å². The highest BCUT2D eigenvalue weighted by Gasteiger charge is 2.20. The Bertz CT molecular complexity index is 1400. The Labute approximate surface area is 192 Å². The average molecular weight is 457 g/mol. The number of nitrogens with zero attached hydrogens (tertiary/aromatic N) is 2. The van der Waals surface area contributed by atoms with Gasteiger partial charge in [0, 0.05) is 12.1 Å². The molecule has 5 rings (SSSR count). The summed E-state index contributed by atoms with van der Waals surface area (Å²) in [5.41, 5.74) is 4.26. The highest BCUT2D eigenvalue weighted by atomic mass is 35.7. The van der Waals surface area contributed by atoms with E-state index in [1.807, 2.05) is 24.5 Å². The number of pyridine rings is 1. The van der Waals surface area contributed by atoms with Crippen LogP contribution in [0.2, 0.25) is 0 Å². The lowest BCUT2D eigenvalue weighted by Gasteiger charge is -2.17. The van der Waals surface area contributed by atoms with Crippen LogP contribution in [0.1, 0.15) is 5.56 Å². The SMILES string of the molecule is N#Cc1cc[n+](-c2c3ccccc3c(-c3ccccc3)c3ccccc23)cc1.[O-][Cl+3]([O-])([O-])[O-]. The van der Waals surface area contributed by atoms with Crippen molar-refractivity contribution in [3.05, 3.63) is 109 Å². The summed E-state index contributed by atoms with van der Waals surface area (Å²) in [5, 5.41) is 14.0. The van der Waals surface area contributed by atoms with Crippen molar-refractivity contribution in [3.63, 3.8) is 0 Å². The van der Waals surface area contributed by atoms with E-state index in [0.717, 1.165) is 5.69 Å². The zero-order valence-corrected chi connectivity index (χ0v) is 18.0. The number of aromatic nitrogens is 1. The standard InChI is InChI=1S/C26H17N2.ClHO4/c27-18-19-14-16-28(17-15-19)26-23-12-6-4-10-21(23)25(20-8-2-1-3-9-20)22-11-5-7-13-24(22)26;2-1(3,4)5/h1-17H;(H,2,3,4,5)/q+1;/p-1. The van der Waals surface area contributed by atoms with Crippen LogP contribution in [0.5, 0.6) is 0 Å². The molecule has 1 aromatic heterocycles. The molecule has 0 saturated heterocycles. The fourth-order valence-electron chi connectivity index (χ4n) is 3.95. The van der Waals surface area contributed by atoms with Crippen LogP contribution < -0.4 is 23.2 Å². The van der Waals surface area contributed by atoms with E-state index in [0.29, 0.717) is 5.56 Å². The third kappa shape index (κ3) is 4.99. The lowest BCUT2D eigenvalue weighted by Crippen LogP contribution is -2.68. The molecular formula is C26H17ClN2O4. The number of nitriles is 1. The first-order chi connectivity index (χ1) is 15.9. The molecule has 1 heterocycles. The number of fused-ring (bicyclic) bond motifs is 2. The Hall–Kier alpha value is -3.83. The zero-order valence-electron chi connectivity index (χ0n) is 17.2. The summed E-state index contributed by atoms with van der Waals surface area (Å²) in [6, 6.07) is 33.6. The molecule has 0 radical (unpaired) electrons. The van der Waals surface area contributed by atoms with Crippen LogP contribution in [0.25, 0.3) is 38.4 Å². The van der Waals surface area contributed by atoms with Crippen molar-refractivity contribution in [2.75, 3.05) is 0 Å². The molecule has 0 unspecified atom stereocenters. The van der Waals surface area contributed by atoms with Crippen LogP contribution in [0.3, 0.4) is 0 Å². The quantitative estimate of drug-likeness (QED) is 0.290. The van der Waals surface area contributed by atoms with Crippen molar-refractivity contribution in [1.29, 1.82) is 5.26 Å². The third-order valence-electron chi connectivity index (χ3n) is 5.18. The van der Waals surface area contributed by atoms with Gasteiger partial charge in [0.15, 0.2) is 12.4 Å². The molecule has 5 aromatic rings. The highest BCUT2D eigenvalue weighted by molar-refractivity contribution is 6.17. The van der Waals surface area contributed by atoms with E-state index in [9.17, 15) is 0 Å². The molecule has 0 atom stereocenters. The molecule has 0 bridgehead atoms. The van der Waals surface area contributed by atoms with E-state index >= 15 is 0 Å². The van der Waals surface area contributed by atoms with Gasteiger partial charge >= 0.3 is 0 Å². The maximum atomic E-state index is 9.15. The first-order valence-electron chi connectivity index (χ1n) is 9.89. The van der Waals surface area contributed by atoms with E-state index in [2.05, 4.69) is 89.5 Å². The van der Waals surface area contributed by atoms with Crippen LogP contribution in [-0.4, -0.2) is 0 Å². The van der Waals surface area contributed by atoms with Gasteiger partial charge in [-0.2, -0.15) is 9.83 Å². The van der Waals surface area contributed by atoms with Crippen molar-refractivity contribution in [2.24, 2.45) is 0 Å². The second-order valence-corrected chi connectivity index (χ2v) is 7.92. The van der Waals surface area contributed by atoms with Crippen molar-refractivity contribution in [2.45, 2.75) is 0 Å². The van der Waals surface area contributed by atoms with Crippen molar-refractivity contribution in [1.82, 2.24) is 0 Å². The van der Waals surface area contributed by atoms with E-state index in [-0.39, 0.29) is 0 Å². The van der Waals surface area contributed by atoms with Gasteiger partial charge in [-0.15, -0.1) is 10.2 Å². The fraction of sp³-hybridized carbons (Fsp3) is 0. The lowest BCUT2D eigenvalue weighted by molar-refractivity contribution is -2.00. The molecule has 0 N–H and O–H groups in total. The summed E-state index contributed by atoms with van der Waals surface area (Å²) in [5.74, 6) is 0. The van der Waals surface area contributed by atoms with E-state index in [1.54, 1.807) is 0 Å². The first-order valence-corrected chi connectivity index (χ1v) is 11.1. The number of hydrogen-bond acceptors (Lipinski definition) is 5. The Morgan fingerprint density at radius 1 is 0.606 bits per heavy atom. The maximum absolute atomic E-state index is 9.15. The third-order valence-corrected chi connectivity index (χ3v) is 5.18. The molecule has 0 aliphatic heterocycles. The molecule has 33 heavy (non-hydrogen) atoms. The minimum atomic E-state index is -4.94. The van der Waals surface area contributed by atoms with Gasteiger partial charge < -0.3 is 0 Å². The van der Waals surface area contributed by atoms with Crippen LogP contribution in [0.4, 0.5) is 0 Å². The van der Waals surface area contributed by atoms with E-state index in [1.165, 1.54) is 32.7 Å². The Balaban J connectivity index is 0.000000471.